The van der Waals surface area contributed by atoms with Crippen molar-refractivity contribution in [3.8, 4) is 6.07 Å². The highest BCUT2D eigenvalue weighted by atomic mass is 19.1. The molecule has 0 aromatic heterocycles. The minimum absolute atomic E-state index is 0.283. The monoisotopic (exact) mass is 245 g/mol. The zero-order valence-corrected chi connectivity index (χ0v) is 10.4. The summed E-state index contributed by atoms with van der Waals surface area (Å²) in [5.41, 5.74) is 1.01. The summed E-state index contributed by atoms with van der Waals surface area (Å²) in [4.78, 5) is 2.15. The molecule has 0 amide bonds. The van der Waals surface area contributed by atoms with Crippen molar-refractivity contribution < 1.29 is 4.39 Å². The van der Waals surface area contributed by atoms with Crippen LogP contribution in [0.25, 0.3) is 0 Å². The van der Waals surface area contributed by atoms with E-state index >= 15 is 0 Å². The van der Waals surface area contributed by atoms with Crippen molar-refractivity contribution in [2.75, 3.05) is 24.5 Å². The quantitative estimate of drug-likeness (QED) is 0.819. The number of anilines is 1. The van der Waals surface area contributed by atoms with Gasteiger partial charge in [-0.05, 0) is 37.0 Å². The van der Waals surface area contributed by atoms with Gasteiger partial charge in [0.05, 0.1) is 17.3 Å². The molecule has 3 unspecified atom stereocenters. The summed E-state index contributed by atoms with van der Waals surface area (Å²) in [5, 5.41) is 12.2. The molecular formula is C14H16FN3. The highest BCUT2D eigenvalue weighted by molar-refractivity contribution is 5.53. The van der Waals surface area contributed by atoms with E-state index in [9.17, 15) is 4.39 Å². The number of nitriles is 1. The average molecular weight is 245 g/mol. The number of hydrogen-bond donors (Lipinski definition) is 1. The molecule has 94 valence electrons. The lowest BCUT2D eigenvalue weighted by molar-refractivity contribution is 0.470. The van der Waals surface area contributed by atoms with Crippen LogP contribution in [0.5, 0.6) is 0 Å². The molecule has 3 atom stereocenters. The standard InChI is InChI=1S/C14H16FN3/c1-9-12-7-17-6-11(12)8-18(9)14-3-2-10(5-16)4-13(14)15/h2-4,9,11-12,17H,6-8H2,1H3. The number of hydrogen-bond acceptors (Lipinski definition) is 3. The first-order chi connectivity index (χ1) is 8.70. The largest absolute Gasteiger partial charge is 0.366 e. The van der Waals surface area contributed by atoms with Crippen molar-refractivity contribution in [1.29, 1.82) is 5.26 Å². The second-order valence-electron chi connectivity index (χ2n) is 5.25. The molecule has 0 bridgehead atoms. The summed E-state index contributed by atoms with van der Waals surface area (Å²) >= 11 is 0. The topological polar surface area (TPSA) is 39.1 Å². The molecule has 18 heavy (non-hydrogen) atoms. The van der Waals surface area contributed by atoms with E-state index in [0.29, 0.717) is 29.1 Å². The summed E-state index contributed by atoms with van der Waals surface area (Å²) in [6.45, 7) is 5.13. The summed E-state index contributed by atoms with van der Waals surface area (Å²) in [7, 11) is 0. The third-order valence-corrected chi connectivity index (χ3v) is 4.32. The zero-order chi connectivity index (χ0) is 12.7. The maximum Gasteiger partial charge on any atom is 0.147 e. The minimum atomic E-state index is -0.283. The fraction of sp³-hybridized carbons (Fsp3) is 0.500. The molecular weight excluding hydrogens is 229 g/mol. The van der Waals surface area contributed by atoms with Gasteiger partial charge in [0, 0.05) is 25.7 Å². The number of nitrogens with zero attached hydrogens (tertiary/aromatic N) is 2. The van der Waals surface area contributed by atoms with E-state index in [1.807, 2.05) is 6.07 Å². The average Bonchev–Trinajstić information content (AvgIpc) is 2.93. The van der Waals surface area contributed by atoms with Crippen LogP contribution in [0.15, 0.2) is 18.2 Å². The molecule has 2 saturated heterocycles. The number of nitrogens with one attached hydrogen (secondary N) is 1. The smallest absolute Gasteiger partial charge is 0.147 e. The lowest BCUT2D eigenvalue weighted by Gasteiger charge is -2.27. The second-order valence-corrected chi connectivity index (χ2v) is 5.25. The molecule has 2 aliphatic heterocycles. The van der Waals surface area contributed by atoms with Gasteiger partial charge in [-0.1, -0.05) is 0 Å². The van der Waals surface area contributed by atoms with Crippen molar-refractivity contribution in [3.05, 3.63) is 29.6 Å². The Labute approximate surface area is 106 Å². The summed E-state index contributed by atoms with van der Waals surface area (Å²) in [5.74, 6) is 0.948. The van der Waals surface area contributed by atoms with Gasteiger partial charge < -0.3 is 10.2 Å². The molecule has 0 spiro atoms. The molecule has 3 rings (SSSR count). The van der Waals surface area contributed by atoms with Crippen LogP contribution in [-0.4, -0.2) is 25.7 Å². The predicted molar refractivity (Wildman–Crippen MR) is 67.8 cm³/mol. The fourth-order valence-electron chi connectivity index (χ4n) is 3.29. The molecule has 2 fully saturated rings. The van der Waals surface area contributed by atoms with Crippen LogP contribution in [0.2, 0.25) is 0 Å². The van der Waals surface area contributed by atoms with E-state index in [4.69, 9.17) is 5.26 Å². The van der Waals surface area contributed by atoms with E-state index in [1.54, 1.807) is 12.1 Å². The van der Waals surface area contributed by atoms with Gasteiger partial charge in [-0.25, -0.2) is 4.39 Å². The number of rotatable bonds is 1. The zero-order valence-electron chi connectivity index (χ0n) is 10.4. The Hall–Kier alpha value is -1.60. The second kappa shape index (κ2) is 4.25. The third kappa shape index (κ3) is 1.67. The van der Waals surface area contributed by atoms with Crippen LogP contribution in [0, 0.1) is 29.0 Å². The Morgan fingerprint density at radius 1 is 1.44 bits per heavy atom. The van der Waals surface area contributed by atoms with E-state index < -0.39 is 0 Å². The molecule has 3 nitrogen and oxygen atoms in total. The number of halogens is 1. The van der Waals surface area contributed by atoms with E-state index in [2.05, 4.69) is 17.1 Å². The molecule has 1 aromatic carbocycles. The SMILES string of the molecule is CC1C2CNCC2CN1c1ccc(C#N)cc1F. The first-order valence-corrected chi connectivity index (χ1v) is 6.37. The van der Waals surface area contributed by atoms with Gasteiger partial charge in [0.2, 0.25) is 0 Å². The Morgan fingerprint density at radius 2 is 2.28 bits per heavy atom. The highest BCUT2D eigenvalue weighted by Crippen LogP contribution is 2.36. The molecule has 0 saturated carbocycles. The van der Waals surface area contributed by atoms with Gasteiger partial charge in [-0.15, -0.1) is 0 Å². The van der Waals surface area contributed by atoms with Gasteiger partial charge in [0.25, 0.3) is 0 Å². The molecule has 0 radical (unpaired) electrons. The molecule has 1 N–H and O–H groups in total. The first-order valence-electron chi connectivity index (χ1n) is 6.37. The van der Waals surface area contributed by atoms with Gasteiger partial charge in [-0.3, -0.25) is 0 Å². The van der Waals surface area contributed by atoms with Crippen LogP contribution in [0.3, 0.4) is 0 Å². The van der Waals surface area contributed by atoms with Crippen LogP contribution in [0.1, 0.15) is 12.5 Å². The van der Waals surface area contributed by atoms with Crippen LogP contribution in [0.4, 0.5) is 10.1 Å². The highest BCUT2D eigenvalue weighted by Gasteiger charge is 2.42. The number of fused-ring (bicyclic) bond motifs is 1. The Bertz CT molecular complexity index is 508. The minimum Gasteiger partial charge on any atom is -0.366 e. The Morgan fingerprint density at radius 3 is 2.94 bits per heavy atom. The fourth-order valence-corrected chi connectivity index (χ4v) is 3.29. The molecule has 1 aromatic rings. The summed E-state index contributed by atoms with van der Waals surface area (Å²) in [6, 6.07) is 7.08. The van der Waals surface area contributed by atoms with Crippen molar-refractivity contribution in [1.82, 2.24) is 5.32 Å². The Balaban J connectivity index is 1.90. The lowest BCUT2D eigenvalue weighted by Crippen LogP contribution is -2.33. The van der Waals surface area contributed by atoms with E-state index in [1.165, 1.54) is 6.07 Å². The van der Waals surface area contributed by atoms with Crippen molar-refractivity contribution in [3.63, 3.8) is 0 Å². The van der Waals surface area contributed by atoms with Crippen molar-refractivity contribution in [2.45, 2.75) is 13.0 Å². The molecule has 2 heterocycles. The van der Waals surface area contributed by atoms with Gasteiger partial charge in [-0.2, -0.15) is 5.26 Å². The van der Waals surface area contributed by atoms with E-state index in [0.717, 1.165) is 19.6 Å². The van der Waals surface area contributed by atoms with Crippen LogP contribution < -0.4 is 10.2 Å². The normalized spacial score (nSPS) is 30.3. The van der Waals surface area contributed by atoms with E-state index in [-0.39, 0.29) is 5.82 Å². The number of benzene rings is 1. The molecule has 2 aliphatic rings. The maximum atomic E-state index is 14.0. The van der Waals surface area contributed by atoms with Gasteiger partial charge in [0.15, 0.2) is 0 Å². The summed E-state index contributed by atoms with van der Waals surface area (Å²) < 4.78 is 14.0. The van der Waals surface area contributed by atoms with Gasteiger partial charge in [0.1, 0.15) is 5.82 Å². The lowest BCUT2D eigenvalue weighted by atomic mass is 9.95. The van der Waals surface area contributed by atoms with Crippen molar-refractivity contribution >= 4 is 5.69 Å². The van der Waals surface area contributed by atoms with Gasteiger partial charge >= 0.3 is 0 Å². The Kier molecular flexibility index (Phi) is 2.71. The third-order valence-electron chi connectivity index (χ3n) is 4.32. The molecule has 4 heteroatoms. The molecule has 0 aliphatic carbocycles. The summed E-state index contributed by atoms with van der Waals surface area (Å²) in [6.07, 6.45) is 0. The van der Waals surface area contributed by atoms with Crippen LogP contribution in [-0.2, 0) is 0 Å². The first kappa shape index (κ1) is 11.5. The van der Waals surface area contributed by atoms with Crippen molar-refractivity contribution in [2.24, 2.45) is 11.8 Å². The van der Waals surface area contributed by atoms with Crippen LogP contribution >= 0.6 is 0 Å². The predicted octanol–water partition coefficient (Wildman–Crippen LogP) is 1.74. The maximum absolute atomic E-state index is 14.0.